The van der Waals surface area contributed by atoms with Gasteiger partial charge in [0.2, 0.25) is 5.91 Å². The van der Waals surface area contributed by atoms with E-state index in [1.807, 2.05) is 0 Å². The van der Waals surface area contributed by atoms with E-state index < -0.39 is 12.7 Å². The molecule has 0 spiro atoms. The number of piperazine rings is 1. The van der Waals surface area contributed by atoms with Crippen LogP contribution in [0.3, 0.4) is 0 Å². The Bertz CT molecular complexity index is 445. The molecule has 2 heterocycles. The summed E-state index contributed by atoms with van der Waals surface area (Å²) in [5, 5.41) is 3.15. The molecule has 0 unspecified atom stereocenters. The van der Waals surface area contributed by atoms with Gasteiger partial charge in [0, 0.05) is 30.9 Å². The number of nitrogens with one attached hydrogen (secondary N) is 1. The molecule has 9 heteroatoms. The third-order valence-electron chi connectivity index (χ3n) is 3.47. The number of thioether (sulfide) groups is 1. The molecule has 0 saturated carbocycles. The topological polar surface area (TPSA) is 47.9 Å². The van der Waals surface area contributed by atoms with Gasteiger partial charge in [-0.25, -0.2) is 0 Å². The standard InChI is InChI=1S/C13H21F3N4OS/c1-12(2)8-18-11(22-12)20-5-3-19(4-6-20)10(21)7-17-9-13(14,15)16/h17H,3-9H2,1-2H3. The highest BCUT2D eigenvalue weighted by Crippen LogP contribution is 2.33. The lowest BCUT2D eigenvalue weighted by Crippen LogP contribution is -2.52. The number of rotatable bonds is 3. The van der Waals surface area contributed by atoms with Gasteiger partial charge in [-0.3, -0.25) is 9.79 Å². The quantitative estimate of drug-likeness (QED) is 0.839. The average Bonchev–Trinajstić information content (AvgIpc) is 2.78. The number of aliphatic imine (C=N–C) groups is 1. The highest BCUT2D eigenvalue weighted by Gasteiger charge is 2.32. The maximum absolute atomic E-state index is 12.0. The second kappa shape index (κ2) is 6.66. The second-order valence-electron chi connectivity index (χ2n) is 6.05. The maximum atomic E-state index is 12.0. The minimum Gasteiger partial charge on any atom is -0.348 e. The fraction of sp³-hybridized carbons (Fsp3) is 0.846. The Hall–Kier alpha value is -0.960. The van der Waals surface area contributed by atoms with Crippen LogP contribution >= 0.6 is 11.8 Å². The average molecular weight is 338 g/mol. The van der Waals surface area contributed by atoms with Gasteiger partial charge < -0.3 is 15.1 Å². The molecule has 1 N–H and O–H groups in total. The molecule has 5 nitrogen and oxygen atoms in total. The van der Waals surface area contributed by atoms with E-state index >= 15 is 0 Å². The predicted octanol–water partition coefficient (Wildman–Crippen LogP) is 1.16. The molecule has 0 aromatic rings. The molecule has 1 amide bonds. The molecule has 0 radical (unpaired) electrons. The highest BCUT2D eigenvalue weighted by molar-refractivity contribution is 8.15. The summed E-state index contributed by atoms with van der Waals surface area (Å²) in [5.74, 6) is -0.287. The van der Waals surface area contributed by atoms with Crippen LogP contribution in [0.5, 0.6) is 0 Å². The third kappa shape index (κ3) is 5.05. The van der Waals surface area contributed by atoms with Gasteiger partial charge in [-0.05, 0) is 13.8 Å². The Labute approximate surface area is 132 Å². The third-order valence-corrected chi connectivity index (χ3v) is 4.72. The summed E-state index contributed by atoms with van der Waals surface area (Å²) < 4.78 is 36.2. The molecular weight excluding hydrogens is 317 g/mol. The van der Waals surface area contributed by atoms with Crippen LogP contribution in [0, 0.1) is 0 Å². The number of halogens is 3. The molecule has 1 fully saturated rings. The number of alkyl halides is 3. The lowest BCUT2D eigenvalue weighted by atomic mass is 10.2. The molecule has 0 atom stereocenters. The van der Waals surface area contributed by atoms with E-state index in [1.165, 1.54) is 0 Å². The summed E-state index contributed by atoms with van der Waals surface area (Å²) in [6.07, 6.45) is -4.29. The van der Waals surface area contributed by atoms with Crippen molar-refractivity contribution in [3.05, 3.63) is 0 Å². The molecular formula is C13H21F3N4OS. The molecule has 22 heavy (non-hydrogen) atoms. The van der Waals surface area contributed by atoms with Crippen molar-refractivity contribution in [3.8, 4) is 0 Å². The lowest BCUT2D eigenvalue weighted by Gasteiger charge is -2.36. The first-order valence-corrected chi connectivity index (χ1v) is 8.02. The van der Waals surface area contributed by atoms with Crippen molar-refractivity contribution in [2.75, 3.05) is 45.8 Å². The molecule has 0 aromatic carbocycles. The highest BCUT2D eigenvalue weighted by atomic mass is 32.2. The summed E-state index contributed by atoms with van der Waals surface area (Å²) in [6, 6.07) is 0. The second-order valence-corrected chi connectivity index (χ2v) is 7.72. The molecule has 0 aromatic heterocycles. The monoisotopic (exact) mass is 338 g/mol. The number of carbonyl (C=O) groups is 1. The fourth-order valence-electron chi connectivity index (χ4n) is 2.30. The fourth-order valence-corrected chi connectivity index (χ4v) is 3.37. The van der Waals surface area contributed by atoms with Crippen LogP contribution in [0.2, 0.25) is 0 Å². The van der Waals surface area contributed by atoms with Crippen molar-refractivity contribution < 1.29 is 18.0 Å². The van der Waals surface area contributed by atoms with Crippen LogP contribution in [0.15, 0.2) is 4.99 Å². The van der Waals surface area contributed by atoms with Crippen LogP contribution in [0.4, 0.5) is 13.2 Å². The van der Waals surface area contributed by atoms with Crippen molar-refractivity contribution in [2.45, 2.75) is 24.8 Å². The zero-order chi connectivity index (χ0) is 16.4. The van der Waals surface area contributed by atoms with E-state index in [-0.39, 0.29) is 17.2 Å². The first kappa shape index (κ1) is 17.4. The minimum absolute atomic E-state index is 0.115. The molecule has 1 saturated heterocycles. The van der Waals surface area contributed by atoms with Crippen molar-refractivity contribution in [2.24, 2.45) is 4.99 Å². The van der Waals surface area contributed by atoms with E-state index in [0.717, 1.165) is 11.7 Å². The Balaban J connectivity index is 1.72. The largest absolute Gasteiger partial charge is 0.401 e. The molecule has 2 aliphatic heterocycles. The van der Waals surface area contributed by atoms with Gasteiger partial charge >= 0.3 is 6.18 Å². The van der Waals surface area contributed by atoms with Gasteiger partial charge in [0.15, 0.2) is 5.17 Å². The van der Waals surface area contributed by atoms with E-state index in [4.69, 9.17) is 0 Å². The van der Waals surface area contributed by atoms with Crippen LogP contribution in [0.1, 0.15) is 13.8 Å². The zero-order valence-corrected chi connectivity index (χ0v) is 13.6. The molecule has 0 bridgehead atoms. The van der Waals surface area contributed by atoms with Crippen LogP contribution in [-0.4, -0.2) is 77.6 Å². The van der Waals surface area contributed by atoms with Gasteiger partial charge in [-0.15, -0.1) is 0 Å². The summed E-state index contributed by atoms with van der Waals surface area (Å²) in [5.41, 5.74) is 0. The van der Waals surface area contributed by atoms with Crippen molar-refractivity contribution in [1.29, 1.82) is 0 Å². The normalized spacial score (nSPS) is 22.0. The number of nitrogens with zero attached hydrogens (tertiary/aromatic N) is 3. The molecule has 0 aliphatic carbocycles. The SMILES string of the molecule is CC1(C)CN=C(N2CCN(C(=O)CNCC(F)(F)F)CC2)S1. The smallest absolute Gasteiger partial charge is 0.348 e. The van der Waals surface area contributed by atoms with E-state index in [1.54, 1.807) is 16.7 Å². The Morgan fingerprint density at radius 2 is 1.95 bits per heavy atom. The minimum atomic E-state index is -4.29. The summed E-state index contributed by atoms with van der Waals surface area (Å²) in [6.45, 7) is 6.04. The first-order chi connectivity index (χ1) is 10.2. The van der Waals surface area contributed by atoms with Crippen molar-refractivity contribution >= 4 is 22.8 Å². The molecule has 126 valence electrons. The number of hydrogen-bond acceptors (Lipinski definition) is 5. The van der Waals surface area contributed by atoms with Gasteiger partial charge in [0.25, 0.3) is 0 Å². The van der Waals surface area contributed by atoms with E-state index in [9.17, 15) is 18.0 Å². The maximum Gasteiger partial charge on any atom is 0.401 e. The predicted molar refractivity (Wildman–Crippen MR) is 81.0 cm³/mol. The van der Waals surface area contributed by atoms with Crippen molar-refractivity contribution in [1.82, 2.24) is 15.1 Å². The molecule has 2 rings (SSSR count). The number of amidine groups is 1. The van der Waals surface area contributed by atoms with E-state index in [0.29, 0.717) is 26.2 Å². The van der Waals surface area contributed by atoms with Crippen molar-refractivity contribution in [3.63, 3.8) is 0 Å². The van der Waals surface area contributed by atoms with Crippen LogP contribution in [-0.2, 0) is 4.79 Å². The first-order valence-electron chi connectivity index (χ1n) is 7.20. The zero-order valence-electron chi connectivity index (χ0n) is 12.7. The van der Waals surface area contributed by atoms with Gasteiger partial charge in [-0.2, -0.15) is 13.2 Å². The summed E-state index contributed by atoms with van der Waals surface area (Å²) in [7, 11) is 0. The Morgan fingerprint density at radius 3 is 2.45 bits per heavy atom. The lowest BCUT2D eigenvalue weighted by molar-refractivity contribution is -0.135. The number of carbonyl (C=O) groups excluding carboxylic acids is 1. The summed E-state index contributed by atoms with van der Waals surface area (Å²) in [4.78, 5) is 20.1. The Kier molecular flexibility index (Phi) is 5.26. The van der Waals surface area contributed by atoms with Gasteiger partial charge in [-0.1, -0.05) is 11.8 Å². The van der Waals surface area contributed by atoms with Gasteiger partial charge in [0.05, 0.1) is 19.6 Å². The van der Waals surface area contributed by atoms with E-state index in [2.05, 4.69) is 29.1 Å². The Morgan fingerprint density at radius 1 is 1.32 bits per heavy atom. The number of amides is 1. The number of hydrogen-bond donors (Lipinski definition) is 1. The van der Waals surface area contributed by atoms with Gasteiger partial charge in [0.1, 0.15) is 0 Å². The van der Waals surface area contributed by atoms with Crippen LogP contribution < -0.4 is 5.32 Å². The molecule has 2 aliphatic rings. The summed E-state index contributed by atoms with van der Waals surface area (Å²) >= 11 is 1.74. The van der Waals surface area contributed by atoms with Crippen LogP contribution in [0.25, 0.3) is 0 Å².